The molecule has 3 aromatic rings. The Balaban J connectivity index is 1.77. The minimum absolute atomic E-state index is 0.141. The minimum Gasteiger partial charge on any atom is -0.384 e. The summed E-state index contributed by atoms with van der Waals surface area (Å²) in [6.45, 7) is 4.12. The Labute approximate surface area is 177 Å². The van der Waals surface area contributed by atoms with Crippen LogP contribution in [0.3, 0.4) is 0 Å². The lowest BCUT2D eigenvalue weighted by Crippen LogP contribution is -3.14. The highest BCUT2D eigenvalue weighted by molar-refractivity contribution is 5.34. The highest BCUT2D eigenvalue weighted by Crippen LogP contribution is 2.39. The summed E-state index contributed by atoms with van der Waals surface area (Å²) in [5.41, 5.74) is 1.73. The van der Waals surface area contributed by atoms with Gasteiger partial charge in [0, 0.05) is 6.42 Å². The average Bonchev–Trinajstić information content (AvgIpc) is 2.80. The van der Waals surface area contributed by atoms with Crippen molar-refractivity contribution in [2.75, 3.05) is 32.8 Å². The van der Waals surface area contributed by atoms with E-state index < -0.39 is 5.60 Å². The molecule has 0 aliphatic carbocycles. The van der Waals surface area contributed by atoms with Gasteiger partial charge in [-0.05, 0) is 28.8 Å². The van der Waals surface area contributed by atoms with Gasteiger partial charge < -0.3 is 14.7 Å². The summed E-state index contributed by atoms with van der Waals surface area (Å²) in [6.07, 6.45) is 0.461. The number of hydrogen-bond acceptors (Lipinski definition) is 2. The fourth-order valence-corrected chi connectivity index (χ4v) is 4.47. The Morgan fingerprint density at radius 1 is 0.867 bits per heavy atom. The molecular formula is C26H29FNO2+. The molecule has 0 amide bonds. The summed E-state index contributed by atoms with van der Waals surface area (Å²) in [5.74, 6) is -0.437. The lowest BCUT2D eigenvalue weighted by Gasteiger charge is -2.39. The zero-order valence-electron chi connectivity index (χ0n) is 17.1. The number of ether oxygens (including phenoxy) is 1. The number of halogens is 1. The van der Waals surface area contributed by atoms with E-state index in [4.69, 9.17) is 4.74 Å². The Morgan fingerprint density at radius 3 is 2.10 bits per heavy atom. The zero-order valence-corrected chi connectivity index (χ0v) is 17.1. The molecule has 0 aromatic heterocycles. The quantitative estimate of drug-likeness (QED) is 0.633. The van der Waals surface area contributed by atoms with Gasteiger partial charge in [-0.2, -0.15) is 0 Å². The normalized spacial score (nSPS) is 17.9. The molecule has 1 aliphatic heterocycles. The van der Waals surface area contributed by atoms with Crippen LogP contribution >= 0.6 is 0 Å². The summed E-state index contributed by atoms with van der Waals surface area (Å²) in [4.78, 5) is 1.42. The van der Waals surface area contributed by atoms with Gasteiger partial charge in [0.25, 0.3) is 0 Å². The third-order valence-corrected chi connectivity index (χ3v) is 6.13. The number of rotatable bonds is 7. The van der Waals surface area contributed by atoms with Gasteiger partial charge in [-0.25, -0.2) is 4.39 Å². The molecule has 4 heteroatoms. The van der Waals surface area contributed by atoms with Gasteiger partial charge in [0.2, 0.25) is 0 Å². The van der Waals surface area contributed by atoms with Crippen molar-refractivity contribution in [1.82, 2.24) is 0 Å². The summed E-state index contributed by atoms with van der Waals surface area (Å²) < 4.78 is 19.2. The maximum Gasteiger partial charge on any atom is 0.123 e. The van der Waals surface area contributed by atoms with Crippen LogP contribution in [-0.2, 0) is 16.8 Å². The Bertz CT molecular complexity index is 911. The van der Waals surface area contributed by atoms with Crippen molar-refractivity contribution in [3.8, 4) is 0 Å². The first-order chi connectivity index (χ1) is 14.6. The fraction of sp³-hybridized carbons (Fsp3) is 0.308. The first-order valence-electron chi connectivity index (χ1n) is 10.6. The molecule has 30 heavy (non-hydrogen) atoms. The Hall–Kier alpha value is -2.53. The molecule has 1 aliphatic rings. The van der Waals surface area contributed by atoms with Gasteiger partial charge in [0.05, 0.1) is 25.7 Å². The first-order valence-corrected chi connectivity index (χ1v) is 10.6. The molecule has 1 saturated heterocycles. The van der Waals surface area contributed by atoms with Gasteiger partial charge in [0.1, 0.15) is 24.5 Å². The highest BCUT2D eigenvalue weighted by atomic mass is 19.1. The van der Waals surface area contributed by atoms with Crippen LogP contribution in [0.25, 0.3) is 0 Å². The molecule has 3 aromatic carbocycles. The van der Waals surface area contributed by atoms with Crippen molar-refractivity contribution in [1.29, 1.82) is 0 Å². The summed E-state index contributed by atoms with van der Waals surface area (Å²) in [5, 5.41) is 12.3. The fourth-order valence-electron chi connectivity index (χ4n) is 4.47. The summed E-state index contributed by atoms with van der Waals surface area (Å²) >= 11 is 0. The van der Waals surface area contributed by atoms with E-state index in [1.54, 1.807) is 12.1 Å². The van der Waals surface area contributed by atoms with Gasteiger partial charge in [-0.1, -0.05) is 72.8 Å². The Morgan fingerprint density at radius 2 is 1.47 bits per heavy atom. The standard InChI is InChI=1S/C26H28FNO2/c27-24-13-11-23(12-14-24)26(29,19-21-7-3-1-4-8-21)25(22-9-5-2-6-10-22)20-28-15-17-30-18-16-28/h1-14,25,29H,15-20H2/p+1/t25-,26+/m1/s1. The lowest BCUT2D eigenvalue weighted by molar-refractivity contribution is -0.910. The van der Waals surface area contributed by atoms with E-state index in [1.165, 1.54) is 17.0 Å². The van der Waals surface area contributed by atoms with Crippen LogP contribution < -0.4 is 4.90 Å². The van der Waals surface area contributed by atoms with Crippen molar-refractivity contribution in [2.24, 2.45) is 0 Å². The maximum atomic E-state index is 13.7. The van der Waals surface area contributed by atoms with Gasteiger partial charge >= 0.3 is 0 Å². The predicted molar refractivity (Wildman–Crippen MR) is 116 cm³/mol. The Kier molecular flexibility index (Phi) is 6.58. The average molecular weight is 407 g/mol. The maximum absolute atomic E-state index is 13.7. The molecule has 0 bridgehead atoms. The van der Waals surface area contributed by atoms with Crippen molar-refractivity contribution in [3.05, 3.63) is 107 Å². The van der Waals surface area contributed by atoms with E-state index in [0.29, 0.717) is 6.42 Å². The molecule has 3 nitrogen and oxygen atoms in total. The van der Waals surface area contributed by atoms with Crippen LogP contribution in [0.5, 0.6) is 0 Å². The summed E-state index contributed by atoms with van der Waals surface area (Å²) in [7, 11) is 0. The second-order valence-electron chi connectivity index (χ2n) is 8.12. The van der Waals surface area contributed by atoms with Crippen molar-refractivity contribution >= 4 is 0 Å². The third kappa shape index (κ3) is 4.78. The van der Waals surface area contributed by atoms with Crippen molar-refractivity contribution in [2.45, 2.75) is 17.9 Å². The predicted octanol–water partition coefficient (Wildman–Crippen LogP) is 2.95. The van der Waals surface area contributed by atoms with E-state index in [9.17, 15) is 9.50 Å². The van der Waals surface area contributed by atoms with E-state index >= 15 is 0 Å². The second kappa shape index (κ2) is 9.52. The highest BCUT2D eigenvalue weighted by Gasteiger charge is 2.42. The van der Waals surface area contributed by atoms with E-state index in [2.05, 4.69) is 12.1 Å². The van der Waals surface area contributed by atoms with Crippen LogP contribution in [0.4, 0.5) is 4.39 Å². The van der Waals surface area contributed by atoms with Crippen molar-refractivity contribution in [3.63, 3.8) is 0 Å². The SMILES string of the molecule is O[C@@](Cc1ccccc1)(c1ccc(F)cc1)[C@H](C[NH+]1CCOCC1)c1ccccc1. The minimum atomic E-state index is -1.16. The number of nitrogens with one attached hydrogen (secondary N) is 1. The number of morpholine rings is 1. The van der Waals surface area contributed by atoms with E-state index in [-0.39, 0.29) is 11.7 Å². The molecule has 0 saturated carbocycles. The molecule has 2 atom stereocenters. The second-order valence-corrected chi connectivity index (χ2v) is 8.12. The number of benzene rings is 3. The van der Waals surface area contributed by atoms with E-state index in [0.717, 1.165) is 49.5 Å². The van der Waals surface area contributed by atoms with E-state index in [1.807, 2.05) is 48.5 Å². The van der Waals surface area contributed by atoms with Gasteiger partial charge in [0.15, 0.2) is 0 Å². The number of aliphatic hydroxyl groups is 1. The molecule has 1 fully saturated rings. The van der Waals surface area contributed by atoms with Gasteiger partial charge in [-0.3, -0.25) is 0 Å². The first kappa shape index (κ1) is 20.7. The smallest absolute Gasteiger partial charge is 0.123 e. The molecule has 0 spiro atoms. The summed E-state index contributed by atoms with van der Waals surface area (Å²) in [6, 6.07) is 26.6. The molecule has 4 rings (SSSR count). The molecular weight excluding hydrogens is 377 g/mol. The topological polar surface area (TPSA) is 33.9 Å². The molecule has 1 heterocycles. The largest absolute Gasteiger partial charge is 0.384 e. The van der Waals surface area contributed by atoms with Crippen molar-refractivity contribution < 1.29 is 19.1 Å². The zero-order chi connectivity index (χ0) is 20.8. The molecule has 156 valence electrons. The third-order valence-electron chi connectivity index (χ3n) is 6.13. The van der Waals surface area contributed by atoms with Crippen LogP contribution in [0.1, 0.15) is 22.6 Å². The van der Waals surface area contributed by atoms with Crippen LogP contribution in [-0.4, -0.2) is 38.0 Å². The van der Waals surface area contributed by atoms with Crippen LogP contribution in [0.2, 0.25) is 0 Å². The number of quaternary nitrogens is 1. The number of hydrogen-bond donors (Lipinski definition) is 2. The molecule has 2 N–H and O–H groups in total. The lowest BCUT2D eigenvalue weighted by atomic mass is 9.73. The van der Waals surface area contributed by atoms with Crippen LogP contribution in [0, 0.1) is 5.82 Å². The van der Waals surface area contributed by atoms with Gasteiger partial charge in [-0.15, -0.1) is 0 Å². The monoisotopic (exact) mass is 406 g/mol. The molecule has 0 radical (unpaired) electrons. The molecule has 0 unspecified atom stereocenters. The van der Waals surface area contributed by atoms with Crippen LogP contribution in [0.15, 0.2) is 84.9 Å².